The van der Waals surface area contributed by atoms with Crippen LogP contribution in [0.25, 0.3) is 0 Å². The van der Waals surface area contributed by atoms with Crippen LogP contribution in [0, 0.1) is 0 Å². The van der Waals surface area contributed by atoms with Crippen LogP contribution in [0.4, 0.5) is 0 Å². The summed E-state index contributed by atoms with van der Waals surface area (Å²) in [6.07, 6.45) is 0. The van der Waals surface area contributed by atoms with Gasteiger partial charge in [0.05, 0.1) is 5.28 Å². The molecule has 3 rings (SSSR count). The summed E-state index contributed by atoms with van der Waals surface area (Å²) >= 11 is 0. The van der Waals surface area contributed by atoms with Crippen LogP contribution in [0.5, 0.6) is 0 Å². The molecule has 110 valence electrons. The maximum Gasteiger partial charge on any atom is 0.0664 e. The molecular weight excluding hydrogens is 285 g/mol. The second-order valence-corrected chi connectivity index (χ2v) is 8.15. The van der Waals surface area contributed by atoms with Gasteiger partial charge >= 0.3 is 0 Å². The van der Waals surface area contributed by atoms with Gasteiger partial charge in [0.1, 0.15) is 0 Å². The van der Waals surface area contributed by atoms with E-state index in [2.05, 4.69) is 91.9 Å². The van der Waals surface area contributed by atoms with Crippen molar-refractivity contribution in [3.63, 3.8) is 0 Å². The first-order chi connectivity index (χ1) is 10.7. The first-order valence-electron chi connectivity index (χ1n) is 7.44. The molecule has 0 aliphatic carbocycles. The highest BCUT2D eigenvalue weighted by molar-refractivity contribution is 7.73. The van der Waals surface area contributed by atoms with Crippen molar-refractivity contribution in [1.29, 1.82) is 0 Å². The first-order valence-corrected chi connectivity index (χ1v) is 8.78. The third-order valence-corrected chi connectivity index (χ3v) is 6.67. The molecule has 3 aromatic carbocycles. The lowest BCUT2D eigenvalue weighted by Gasteiger charge is -2.36. The Labute approximate surface area is 133 Å². The van der Waals surface area contributed by atoms with Crippen LogP contribution in [0.3, 0.4) is 0 Å². The average Bonchev–Trinajstić information content (AvgIpc) is 2.58. The minimum atomic E-state index is -0.693. The Morgan fingerprint density at radius 3 is 1.41 bits per heavy atom. The molecule has 0 spiro atoms. The zero-order chi connectivity index (χ0) is 15.4. The summed E-state index contributed by atoms with van der Waals surface area (Å²) in [5, 5.41) is 2.19. The SMILES string of the molecule is CC(N)(c1ccccc1)P(c1ccccc1)c1ccccc1. The van der Waals surface area contributed by atoms with E-state index in [1.54, 1.807) is 0 Å². The molecule has 2 N–H and O–H groups in total. The molecule has 0 aromatic heterocycles. The number of rotatable bonds is 4. The van der Waals surface area contributed by atoms with E-state index < -0.39 is 13.2 Å². The molecule has 0 amide bonds. The molecule has 0 heterocycles. The maximum atomic E-state index is 6.88. The van der Waals surface area contributed by atoms with Crippen LogP contribution in [0.2, 0.25) is 0 Å². The molecule has 1 unspecified atom stereocenters. The fraction of sp³-hybridized carbons (Fsp3) is 0.100. The van der Waals surface area contributed by atoms with Crippen LogP contribution >= 0.6 is 7.92 Å². The fourth-order valence-corrected chi connectivity index (χ4v) is 5.46. The van der Waals surface area contributed by atoms with E-state index in [0.29, 0.717) is 0 Å². The molecule has 0 bridgehead atoms. The van der Waals surface area contributed by atoms with Crippen molar-refractivity contribution in [3.8, 4) is 0 Å². The van der Waals surface area contributed by atoms with Crippen LogP contribution in [0.15, 0.2) is 91.0 Å². The molecule has 22 heavy (non-hydrogen) atoms. The van der Waals surface area contributed by atoms with Crippen LogP contribution < -0.4 is 16.3 Å². The number of hydrogen-bond donors (Lipinski definition) is 1. The topological polar surface area (TPSA) is 26.0 Å². The van der Waals surface area contributed by atoms with E-state index in [0.717, 1.165) is 0 Å². The highest BCUT2D eigenvalue weighted by Gasteiger charge is 2.33. The summed E-state index contributed by atoms with van der Waals surface area (Å²) < 4.78 is 0. The minimum Gasteiger partial charge on any atom is -0.318 e. The lowest BCUT2D eigenvalue weighted by molar-refractivity contribution is 0.727. The van der Waals surface area contributed by atoms with E-state index in [4.69, 9.17) is 5.73 Å². The van der Waals surface area contributed by atoms with E-state index in [9.17, 15) is 0 Å². The van der Waals surface area contributed by atoms with Crippen molar-refractivity contribution < 1.29 is 0 Å². The molecule has 0 aliphatic heterocycles. The number of nitrogens with two attached hydrogens (primary N) is 1. The van der Waals surface area contributed by atoms with Crippen molar-refractivity contribution in [2.24, 2.45) is 5.73 Å². The normalized spacial score (nSPS) is 13.8. The van der Waals surface area contributed by atoms with Gasteiger partial charge in [-0.05, 0) is 31.0 Å². The lowest BCUT2D eigenvalue weighted by atomic mass is 10.1. The van der Waals surface area contributed by atoms with Gasteiger partial charge in [-0.1, -0.05) is 91.0 Å². The van der Waals surface area contributed by atoms with Crippen molar-refractivity contribution in [2.75, 3.05) is 0 Å². The maximum absolute atomic E-state index is 6.88. The molecule has 0 fully saturated rings. The molecule has 0 radical (unpaired) electrons. The second kappa shape index (κ2) is 6.44. The van der Waals surface area contributed by atoms with E-state index in [1.807, 2.05) is 6.07 Å². The van der Waals surface area contributed by atoms with Crippen molar-refractivity contribution in [2.45, 2.75) is 12.2 Å². The van der Waals surface area contributed by atoms with Gasteiger partial charge in [-0.3, -0.25) is 0 Å². The van der Waals surface area contributed by atoms with Crippen molar-refractivity contribution in [3.05, 3.63) is 96.6 Å². The zero-order valence-electron chi connectivity index (χ0n) is 12.7. The molecule has 1 nitrogen and oxygen atoms in total. The van der Waals surface area contributed by atoms with Gasteiger partial charge in [0, 0.05) is 0 Å². The Kier molecular flexibility index (Phi) is 4.38. The number of benzene rings is 3. The highest BCUT2D eigenvalue weighted by atomic mass is 31.1. The molecule has 1 atom stereocenters. The highest BCUT2D eigenvalue weighted by Crippen LogP contribution is 2.50. The Bertz CT molecular complexity index is 669. The van der Waals surface area contributed by atoms with Gasteiger partial charge in [0.25, 0.3) is 0 Å². The minimum absolute atomic E-state index is 0.417. The summed E-state index contributed by atoms with van der Waals surface area (Å²) in [5.74, 6) is 0. The van der Waals surface area contributed by atoms with Crippen molar-refractivity contribution in [1.82, 2.24) is 0 Å². The predicted octanol–water partition coefficient (Wildman–Crippen LogP) is 3.95. The van der Waals surface area contributed by atoms with E-state index in [-0.39, 0.29) is 0 Å². The summed E-state index contributed by atoms with van der Waals surface area (Å²) in [5.41, 5.74) is 8.05. The molecule has 2 heteroatoms. The monoisotopic (exact) mass is 305 g/mol. The predicted molar refractivity (Wildman–Crippen MR) is 97.1 cm³/mol. The second-order valence-electron chi connectivity index (χ2n) is 5.52. The third kappa shape index (κ3) is 2.97. The largest absolute Gasteiger partial charge is 0.318 e. The Morgan fingerprint density at radius 1 is 0.636 bits per heavy atom. The van der Waals surface area contributed by atoms with Gasteiger partial charge in [0.2, 0.25) is 0 Å². The molecule has 3 aromatic rings. The summed E-state index contributed by atoms with van der Waals surface area (Å²) in [6.45, 7) is 2.15. The Hall–Kier alpha value is -1.95. The van der Waals surface area contributed by atoms with Crippen LogP contribution in [-0.4, -0.2) is 0 Å². The smallest absolute Gasteiger partial charge is 0.0664 e. The zero-order valence-corrected chi connectivity index (χ0v) is 13.6. The fourth-order valence-electron chi connectivity index (χ4n) is 2.74. The Balaban J connectivity index is 2.14. The van der Waals surface area contributed by atoms with Gasteiger partial charge in [-0.25, -0.2) is 0 Å². The van der Waals surface area contributed by atoms with Gasteiger partial charge in [0.15, 0.2) is 0 Å². The van der Waals surface area contributed by atoms with Crippen LogP contribution in [-0.2, 0) is 5.28 Å². The van der Waals surface area contributed by atoms with E-state index >= 15 is 0 Å². The average molecular weight is 305 g/mol. The molecule has 0 aliphatic rings. The summed E-state index contributed by atoms with van der Waals surface area (Å²) in [4.78, 5) is 0. The van der Waals surface area contributed by atoms with Gasteiger partial charge < -0.3 is 5.73 Å². The number of hydrogen-bond acceptors (Lipinski definition) is 1. The molecule has 0 saturated heterocycles. The standard InChI is InChI=1S/C20H20NP/c1-20(21,17-11-5-2-6-12-17)22(18-13-7-3-8-14-18)19-15-9-4-10-16-19/h2-16H,21H2,1H3. The molecule has 0 saturated carbocycles. The van der Waals surface area contributed by atoms with Crippen molar-refractivity contribution >= 4 is 18.5 Å². The van der Waals surface area contributed by atoms with Gasteiger partial charge in [-0.15, -0.1) is 0 Å². The quantitative estimate of drug-likeness (QED) is 0.726. The summed E-state index contributed by atoms with van der Waals surface area (Å²) in [7, 11) is -0.693. The van der Waals surface area contributed by atoms with E-state index in [1.165, 1.54) is 16.2 Å². The molecular formula is C20H20NP. The Morgan fingerprint density at radius 2 is 1.00 bits per heavy atom. The lowest BCUT2D eigenvalue weighted by Crippen LogP contribution is -2.38. The third-order valence-electron chi connectivity index (χ3n) is 3.85. The first kappa shape index (κ1) is 15.0. The summed E-state index contributed by atoms with van der Waals surface area (Å²) in [6, 6.07) is 31.6. The van der Waals surface area contributed by atoms with Gasteiger partial charge in [-0.2, -0.15) is 0 Å². The van der Waals surface area contributed by atoms with Crippen LogP contribution in [0.1, 0.15) is 12.5 Å².